The molecule has 0 aliphatic carbocycles. The quantitative estimate of drug-likeness (QED) is 0.176. The SMILES string of the molecule is CCNC(=NCCCCn1ccnc1C)NCCc1c[nH]c2cc(F)ccc12.I. The van der Waals surface area contributed by atoms with Crippen molar-refractivity contribution in [2.24, 2.45) is 4.99 Å². The summed E-state index contributed by atoms with van der Waals surface area (Å²) in [6, 6.07) is 4.87. The van der Waals surface area contributed by atoms with E-state index in [0.29, 0.717) is 0 Å². The van der Waals surface area contributed by atoms with E-state index in [1.807, 2.05) is 31.6 Å². The van der Waals surface area contributed by atoms with Crippen LogP contribution in [-0.2, 0) is 13.0 Å². The van der Waals surface area contributed by atoms with Gasteiger partial charge in [-0.3, -0.25) is 4.99 Å². The second-order valence-corrected chi connectivity index (χ2v) is 6.82. The lowest BCUT2D eigenvalue weighted by molar-refractivity contribution is 0.600. The van der Waals surface area contributed by atoms with Crippen molar-refractivity contribution in [3.05, 3.63) is 54.0 Å². The summed E-state index contributed by atoms with van der Waals surface area (Å²) in [4.78, 5) is 12.0. The molecule has 0 saturated carbocycles. The van der Waals surface area contributed by atoms with Crippen molar-refractivity contribution < 1.29 is 4.39 Å². The normalized spacial score (nSPS) is 11.5. The third kappa shape index (κ3) is 6.73. The van der Waals surface area contributed by atoms with E-state index in [1.54, 1.807) is 0 Å². The molecule has 6 nitrogen and oxygen atoms in total. The average molecular weight is 512 g/mol. The topological polar surface area (TPSA) is 70.0 Å². The number of H-pyrrole nitrogens is 1. The van der Waals surface area contributed by atoms with E-state index in [-0.39, 0.29) is 29.8 Å². The molecular formula is C21H30FIN6. The average Bonchev–Trinajstić information content (AvgIpc) is 3.27. The molecule has 3 rings (SSSR count). The number of aryl methyl sites for hydroxylation is 2. The molecule has 0 bridgehead atoms. The summed E-state index contributed by atoms with van der Waals surface area (Å²) >= 11 is 0. The molecule has 29 heavy (non-hydrogen) atoms. The van der Waals surface area contributed by atoms with Crippen molar-refractivity contribution >= 4 is 40.8 Å². The van der Waals surface area contributed by atoms with Gasteiger partial charge >= 0.3 is 0 Å². The molecule has 0 amide bonds. The first-order valence-electron chi connectivity index (χ1n) is 9.93. The number of aliphatic imine (C=N–C) groups is 1. The molecule has 0 atom stereocenters. The first-order valence-corrected chi connectivity index (χ1v) is 9.93. The second-order valence-electron chi connectivity index (χ2n) is 6.82. The Hall–Kier alpha value is -2.10. The highest BCUT2D eigenvalue weighted by molar-refractivity contribution is 14.0. The van der Waals surface area contributed by atoms with Crippen LogP contribution in [0, 0.1) is 12.7 Å². The zero-order valence-corrected chi connectivity index (χ0v) is 19.4. The fourth-order valence-electron chi connectivity index (χ4n) is 3.25. The van der Waals surface area contributed by atoms with Gasteiger partial charge in [0.25, 0.3) is 0 Å². The smallest absolute Gasteiger partial charge is 0.191 e. The largest absolute Gasteiger partial charge is 0.361 e. The fraction of sp³-hybridized carbons (Fsp3) is 0.429. The Kier molecular flexibility index (Phi) is 9.43. The summed E-state index contributed by atoms with van der Waals surface area (Å²) in [6.07, 6.45) is 8.76. The zero-order valence-electron chi connectivity index (χ0n) is 17.0. The molecule has 0 radical (unpaired) electrons. The van der Waals surface area contributed by atoms with E-state index < -0.39 is 0 Å². The molecule has 0 spiro atoms. The van der Waals surface area contributed by atoms with Crippen molar-refractivity contribution in [2.75, 3.05) is 19.6 Å². The van der Waals surface area contributed by atoms with Gasteiger partial charge in [0.2, 0.25) is 0 Å². The number of nitrogens with zero attached hydrogens (tertiary/aromatic N) is 3. The Balaban J connectivity index is 0.00000300. The molecular weight excluding hydrogens is 482 g/mol. The van der Waals surface area contributed by atoms with E-state index in [1.165, 1.54) is 17.7 Å². The summed E-state index contributed by atoms with van der Waals surface area (Å²) in [7, 11) is 0. The van der Waals surface area contributed by atoms with Crippen LogP contribution in [0.3, 0.4) is 0 Å². The minimum Gasteiger partial charge on any atom is -0.361 e. The first kappa shape index (κ1) is 23.2. The number of hydrogen-bond acceptors (Lipinski definition) is 2. The second kappa shape index (κ2) is 11.8. The number of unbranched alkanes of at least 4 members (excludes halogenated alkanes) is 1. The summed E-state index contributed by atoms with van der Waals surface area (Å²) in [6.45, 7) is 7.45. The molecule has 3 aromatic rings. The maximum absolute atomic E-state index is 13.3. The minimum absolute atomic E-state index is 0. The first-order chi connectivity index (χ1) is 13.7. The molecule has 3 N–H and O–H groups in total. The van der Waals surface area contributed by atoms with Gasteiger partial charge < -0.3 is 20.2 Å². The van der Waals surface area contributed by atoms with Gasteiger partial charge in [-0.1, -0.05) is 0 Å². The Bertz CT molecular complexity index is 917. The molecule has 8 heteroatoms. The maximum atomic E-state index is 13.3. The summed E-state index contributed by atoms with van der Waals surface area (Å²) < 4.78 is 15.5. The Labute approximate surface area is 188 Å². The van der Waals surface area contributed by atoms with Crippen LogP contribution in [0.25, 0.3) is 10.9 Å². The molecule has 2 aromatic heterocycles. The lowest BCUT2D eigenvalue weighted by Gasteiger charge is -2.11. The number of benzene rings is 1. The standard InChI is InChI=1S/C21H29FN6.HI/c1-3-23-21(25-9-4-5-12-28-13-11-24-16(28)2)26-10-8-17-15-27-20-14-18(22)6-7-19(17)20;/h6-7,11,13-15,27H,3-5,8-10,12H2,1-2H3,(H2,23,25,26);1H. The number of guanidine groups is 1. The number of nitrogens with one attached hydrogen (secondary N) is 3. The predicted octanol–water partition coefficient (Wildman–Crippen LogP) is 4.01. The Morgan fingerprint density at radius 1 is 1.28 bits per heavy atom. The molecule has 158 valence electrons. The molecule has 0 unspecified atom stereocenters. The number of fused-ring (bicyclic) bond motifs is 1. The Morgan fingerprint density at radius 3 is 2.90 bits per heavy atom. The van der Waals surface area contributed by atoms with Gasteiger partial charge in [-0.25, -0.2) is 9.37 Å². The number of aromatic nitrogens is 3. The zero-order chi connectivity index (χ0) is 19.8. The third-order valence-electron chi connectivity index (χ3n) is 4.76. The van der Waals surface area contributed by atoms with Crippen molar-refractivity contribution in [1.82, 2.24) is 25.2 Å². The third-order valence-corrected chi connectivity index (χ3v) is 4.76. The van der Waals surface area contributed by atoms with Crippen LogP contribution in [0.1, 0.15) is 31.2 Å². The lowest BCUT2D eigenvalue weighted by atomic mass is 10.1. The predicted molar refractivity (Wildman–Crippen MR) is 128 cm³/mol. The van der Waals surface area contributed by atoms with Crippen molar-refractivity contribution in [3.63, 3.8) is 0 Å². The summed E-state index contributed by atoms with van der Waals surface area (Å²) in [5.41, 5.74) is 2.01. The van der Waals surface area contributed by atoms with Gasteiger partial charge in [0.1, 0.15) is 11.6 Å². The molecule has 0 aliphatic heterocycles. The highest BCUT2D eigenvalue weighted by Crippen LogP contribution is 2.19. The fourth-order valence-corrected chi connectivity index (χ4v) is 3.25. The van der Waals surface area contributed by atoms with E-state index in [2.05, 4.69) is 37.1 Å². The number of rotatable bonds is 9. The number of imidazole rings is 1. The number of aromatic amines is 1. The van der Waals surface area contributed by atoms with Crippen LogP contribution in [0.2, 0.25) is 0 Å². The van der Waals surface area contributed by atoms with Crippen LogP contribution in [0.15, 0.2) is 41.8 Å². The minimum atomic E-state index is -0.219. The monoisotopic (exact) mass is 512 g/mol. The summed E-state index contributed by atoms with van der Waals surface area (Å²) in [5.74, 6) is 1.68. The van der Waals surface area contributed by atoms with E-state index in [9.17, 15) is 4.39 Å². The van der Waals surface area contributed by atoms with Crippen molar-refractivity contribution in [2.45, 2.75) is 39.7 Å². The lowest BCUT2D eigenvalue weighted by Crippen LogP contribution is -2.38. The summed E-state index contributed by atoms with van der Waals surface area (Å²) in [5, 5.41) is 7.74. The van der Waals surface area contributed by atoms with Crippen LogP contribution in [0.4, 0.5) is 4.39 Å². The number of hydrogen-bond donors (Lipinski definition) is 3. The molecule has 0 saturated heterocycles. The van der Waals surface area contributed by atoms with Crippen LogP contribution in [-0.4, -0.2) is 40.1 Å². The molecule has 2 heterocycles. The number of halogens is 2. The van der Waals surface area contributed by atoms with E-state index in [4.69, 9.17) is 0 Å². The van der Waals surface area contributed by atoms with E-state index in [0.717, 1.165) is 68.1 Å². The van der Waals surface area contributed by atoms with Gasteiger partial charge in [-0.2, -0.15) is 0 Å². The van der Waals surface area contributed by atoms with Gasteiger partial charge in [0, 0.05) is 55.7 Å². The van der Waals surface area contributed by atoms with Crippen molar-refractivity contribution in [3.8, 4) is 0 Å². The van der Waals surface area contributed by atoms with Gasteiger partial charge in [-0.15, -0.1) is 24.0 Å². The molecule has 0 fully saturated rings. The van der Waals surface area contributed by atoms with Crippen LogP contribution < -0.4 is 10.6 Å². The van der Waals surface area contributed by atoms with Gasteiger partial charge in [-0.05, 0) is 56.9 Å². The maximum Gasteiger partial charge on any atom is 0.191 e. The molecule has 0 aliphatic rings. The Morgan fingerprint density at radius 2 is 2.14 bits per heavy atom. The van der Waals surface area contributed by atoms with Gasteiger partial charge in [0.05, 0.1) is 0 Å². The highest BCUT2D eigenvalue weighted by atomic mass is 127. The highest BCUT2D eigenvalue weighted by Gasteiger charge is 2.05. The van der Waals surface area contributed by atoms with Crippen molar-refractivity contribution in [1.29, 1.82) is 0 Å². The molecule has 1 aromatic carbocycles. The van der Waals surface area contributed by atoms with Crippen LogP contribution >= 0.6 is 24.0 Å². The van der Waals surface area contributed by atoms with Crippen LogP contribution in [0.5, 0.6) is 0 Å². The van der Waals surface area contributed by atoms with Gasteiger partial charge in [0.15, 0.2) is 5.96 Å². The van der Waals surface area contributed by atoms with E-state index >= 15 is 0 Å².